The van der Waals surface area contributed by atoms with E-state index in [1.54, 1.807) is 25.3 Å². The van der Waals surface area contributed by atoms with Crippen LogP contribution < -0.4 is 10.5 Å². The first-order valence-electron chi connectivity index (χ1n) is 6.36. The Morgan fingerprint density at radius 2 is 1.95 bits per heavy atom. The van der Waals surface area contributed by atoms with Crippen molar-refractivity contribution in [2.75, 3.05) is 46.4 Å². The van der Waals surface area contributed by atoms with E-state index in [2.05, 4.69) is 0 Å². The molecule has 0 aromatic heterocycles. The molecule has 0 aliphatic heterocycles. The second-order valence-corrected chi connectivity index (χ2v) is 4.05. The maximum atomic E-state index is 11.6. The van der Waals surface area contributed by atoms with Crippen LogP contribution in [0.25, 0.3) is 0 Å². The van der Waals surface area contributed by atoms with Crippen LogP contribution in [0.2, 0.25) is 0 Å². The number of benzene rings is 1. The molecule has 0 heterocycles. The minimum Gasteiger partial charge on any atom is -0.493 e. The number of rotatable bonds is 9. The standard InChI is InChI=1S/C14H21NO5/c1-17-8-9-19-6-3-7-20-13-10-11(15)4-5-12(13)14(16)18-2/h4-5,10H,3,6-9,15H2,1-2H3. The Hall–Kier alpha value is -1.79. The third kappa shape index (κ3) is 5.46. The van der Waals surface area contributed by atoms with E-state index in [9.17, 15) is 4.79 Å². The molecule has 0 saturated carbocycles. The SMILES string of the molecule is COCCOCCCOc1cc(N)ccc1C(=O)OC. The maximum absolute atomic E-state index is 11.6. The van der Waals surface area contributed by atoms with Gasteiger partial charge in [-0.15, -0.1) is 0 Å². The Bertz CT molecular complexity index is 422. The number of esters is 1. The zero-order chi connectivity index (χ0) is 14.8. The largest absolute Gasteiger partial charge is 0.493 e. The lowest BCUT2D eigenvalue weighted by atomic mass is 10.2. The first-order valence-corrected chi connectivity index (χ1v) is 6.36. The molecule has 0 radical (unpaired) electrons. The normalized spacial score (nSPS) is 10.3. The van der Waals surface area contributed by atoms with E-state index in [1.165, 1.54) is 7.11 Å². The summed E-state index contributed by atoms with van der Waals surface area (Å²) < 4.78 is 20.4. The molecule has 0 fully saturated rings. The fourth-order valence-electron chi connectivity index (χ4n) is 1.52. The van der Waals surface area contributed by atoms with Gasteiger partial charge in [0.1, 0.15) is 11.3 Å². The van der Waals surface area contributed by atoms with Gasteiger partial charge < -0.3 is 24.7 Å². The van der Waals surface area contributed by atoms with E-state index in [4.69, 9.17) is 24.7 Å². The minimum absolute atomic E-state index is 0.363. The quantitative estimate of drug-likeness (QED) is 0.420. The summed E-state index contributed by atoms with van der Waals surface area (Å²) in [7, 11) is 2.95. The maximum Gasteiger partial charge on any atom is 0.341 e. The first kappa shape index (κ1) is 16.3. The van der Waals surface area contributed by atoms with Gasteiger partial charge in [-0.05, 0) is 12.1 Å². The summed E-state index contributed by atoms with van der Waals surface area (Å²) in [5.74, 6) is -0.0231. The predicted molar refractivity (Wildman–Crippen MR) is 75.0 cm³/mol. The Balaban J connectivity index is 2.42. The zero-order valence-electron chi connectivity index (χ0n) is 11.9. The molecule has 0 bridgehead atoms. The van der Waals surface area contributed by atoms with Crippen molar-refractivity contribution in [1.29, 1.82) is 0 Å². The van der Waals surface area contributed by atoms with Gasteiger partial charge in [-0.3, -0.25) is 0 Å². The van der Waals surface area contributed by atoms with Gasteiger partial charge in [0.25, 0.3) is 0 Å². The third-order valence-corrected chi connectivity index (χ3v) is 2.53. The molecule has 20 heavy (non-hydrogen) atoms. The second kappa shape index (κ2) is 9.17. The molecule has 6 heteroatoms. The van der Waals surface area contributed by atoms with Crippen molar-refractivity contribution in [2.24, 2.45) is 0 Å². The lowest BCUT2D eigenvalue weighted by molar-refractivity contribution is 0.0589. The van der Waals surface area contributed by atoms with Crippen LogP contribution in [0.5, 0.6) is 5.75 Å². The van der Waals surface area contributed by atoms with Crippen molar-refractivity contribution in [1.82, 2.24) is 0 Å². The van der Waals surface area contributed by atoms with E-state index in [0.29, 0.717) is 49.8 Å². The molecular weight excluding hydrogens is 262 g/mol. The van der Waals surface area contributed by atoms with E-state index < -0.39 is 5.97 Å². The number of hydrogen-bond donors (Lipinski definition) is 1. The Morgan fingerprint density at radius 3 is 2.65 bits per heavy atom. The number of anilines is 1. The van der Waals surface area contributed by atoms with Gasteiger partial charge in [-0.1, -0.05) is 0 Å². The van der Waals surface area contributed by atoms with Crippen molar-refractivity contribution in [3.8, 4) is 5.75 Å². The van der Waals surface area contributed by atoms with Crippen molar-refractivity contribution in [3.63, 3.8) is 0 Å². The van der Waals surface area contributed by atoms with Gasteiger partial charge >= 0.3 is 5.97 Å². The molecule has 0 spiro atoms. The van der Waals surface area contributed by atoms with E-state index in [-0.39, 0.29) is 0 Å². The molecule has 1 rings (SSSR count). The number of hydrogen-bond acceptors (Lipinski definition) is 6. The van der Waals surface area contributed by atoms with Gasteiger partial charge in [-0.2, -0.15) is 0 Å². The van der Waals surface area contributed by atoms with Crippen molar-refractivity contribution in [3.05, 3.63) is 23.8 Å². The molecule has 1 aromatic rings. The highest BCUT2D eigenvalue weighted by Gasteiger charge is 2.13. The number of carbonyl (C=O) groups is 1. The molecule has 112 valence electrons. The third-order valence-electron chi connectivity index (χ3n) is 2.53. The van der Waals surface area contributed by atoms with Crippen molar-refractivity contribution in [2.45, 2.75) is 6.42 Å². The molecule has 0 unspecified atom stereocenters. The monoisotopic (exact) mass is 283 g/mol. The molecular formula is C14H21NO5. The van der Waals surface area contributed by atoms with Crippen LogP contribution in [-0.2, 0) is 14.2 Å². The topological polar surface area (TPSA) is 80.0 Å². The Labute approximate surface area is 118 Å². The Kier molecular flexibility index (Phi) is 7.46. The summed E-state index contributed by atoms with van der Waals surface area (Å²) in [6.45, 7) is 2.13. The number of carbonyl (C=O) groups excluding carboxylic acids is 1. The van der Waals surface area contributed by atoms with Gasteiger partial charge in [0, 0.05) is 31.9 Å². The average molecular weight is 283 g/mol. The van der Waals surface area contributed by atoms with Crippen LogP contribution in [0, 0.1) is 0 Å². The summed E-state index contributed by atoms with van der Waals surface area (Å²) in [6.07, 6.45) is 0.707. The van der Waals surface area contributed by atoms with Crippen LogP contribution in [0.4, 0.5) is 5.69 Å². The highest BCUT2D eigenvalue weighted by Crippen LogP contribution is 2.22. The fraction of sp³-hybridized carbons (Fsp3) is 0.500. The molecule has 0 saturated heterocycles. The number of ether oxygens (including phenoxy) is 4. The van der Waals surface area contributed by atoms with Gasteiger partial charge in [0.2, 0.25) is 0 Å². The summed E-state index contributed by atoms with van der Waals surface area (Å²) in [5, 5.41) is 0. The smallest absolute Gasteiger partial charge is 0.341 e. The molecule has 0 amide bonds. The second-order valence-electron chi connectivity index (χ2n) is 4.05. The highest BCUT2D eigenvalue weighted by atomic mass is 16.5. The van der Waals surface area contributed by atoms with Crippen LogP contribution in [0.3, 0.4) is 0 Å². The van der Waals surface area contributed by atoms with Crippen LogP contribution in [0.15, 0.2) is 18.2 Å². The molecule has 2 N–H and O–H groups in total. The first-order chi connectivity index (χ1) is 9.69. The van der Waals surface area contributed by atoms with Gasteiger partial charge in [-0.25, -0.2) is 4.79 Å². The van der Waals surface area contributed by atoms with Gasteiger partial charge in [0.15, 0.2) is 0 Å². The molecule has 6 nitrogen and oxygen atoms in total. The molecule has 0 aliphatic rings. The molecule has 0 atom stereocenters. The summed E-state index contributed by atoms with van der Waals surface area (Å²) in [4.78, 5) is 11.6. The van der Waals surface area contributed by atoms with E-state index >= 15 is 0 Å². The summed E-state index contributed by atoms with van der Waals surface area (Å²) in [6, 6.07) is 4.83. The zero-order valence-corrected chi connectivity index (χ0v) is 11.9. The van der Waals surface area contributed by atoms with Crippen molar-refractivity contribution < 1.29 is 23.7 Å². The number of nitrogens with two attached hydrogens (primary N) is 1. The van der Waals surface area contributed by atoms with Gasteiger partial charge in [0.05, 0.1) is 26.9 Å². The Morgan fingerprint density at radius 1 is 1.15 bits per heavy atom. The predicted octanol–water partition coefficient (Wildman–Crippen LogP) is 1.49. The molecule has 1 aromatic carbocycles. The highest BCUT2D eigenvalue weighted by molar-refractivity contribution is 5.93. The summed E-state index contributed by atoms with van der Waals surface area (Å²) >= 11 is 0. The van der Waals surface area contributed by atoms with Crippen LogP contribution in [0.1, 0.15) is 16.8 Å². The fourth-order valence-corrected chi connectivity index (χ4v) is 1.52. The average Bonchev–Trinajstić information content (AvgIpc) is 2.45. The minimum atomic E-state index is -0.448. The van der Waals surface area contributed by atoms with Crippen LogP contribution >= 0.6 is 0 Å². The molecule has 0 aliphatic carbocycles. The lowest BCUT2D eigenvalue weighted by Crippen LogP contribution is -2.10. The summed E-state index contributed by atoms with van der Waals surface area (Å²) in [5.41, 5.74) is 6.58. The van der Waals surface area contributed by atoms with E-state index in [1.807, 2.05) is 0 Å². The number of methoxy groups -OCH3 is 2. The van der Waals surface area contributed by atoms with Crippen molar-refractivity contribution >= 4 is 11.7 Å². The lowest BCUT2D eigenvalue weighted by Gasteiger charge is -2.11. The van der Waals surface area contributed by atoms with E-state index in [0.717, 1.165) is 0 Å². The van der Waals surface area contributed by atoms with Crippen LogP contribution in [-0.4, -0.2) is 46.6 Å². The number of nitrogen functional groups attached to an aromatic ring is 1.